The van der Waals surface area contributed by atoms with E-state index in [4.69, 9.17) is 4.74 Å². The molecule has 0 bridgehead atoms. The molecule has 1 unspecified atom stereocenters. The zero-order valence-corrected chi connectivity index (χ0v) is 20.8. The second-order valence-electron chi connectivity index (χ2n) is 9.23. The van der Waals surface area contributed by atoms with Crippen LogP contribution in [0.1, 0.15) is 42.9 Å². The number of hydrogen-bond acceptors (Lipinski definition) is 5. The Bertz CT molecular complexity index is 1190. The quantitative estimate of drug-likeness (QED) is 0.606. The van der Waals surface area contributed by atoms with E-state index in [1.165, 1.54) is 4.31 Å². The van der Waals surface area contributed by atoms with Gasteiger partial charge in [0.05, 0.1) is 10.8 Å². The summed E-state index contributed by atoms with van der Waals surface area (Å²) in [4.78, 5) is 27.8. The molecule has 4 rings (SSSR count). The number of hydrogen-bond donors (Lipinski definition) is 0. The summed E-state index contributed by atoms with van der Waals surface area (Å²) in [6, 6.07) is 12.9. The van der Waals surface area contributed by atoms with Gasteiger partial charge >= 0.3 is 5.97 Å². The summed E-state index contributed by atoms with van der Waals surface area (Å²) in [5.41, 5.74) is 3.97. The number of anilines is 1. The summed E-state index contributed by atoms with van der Waals surface area (Å²) in [7, 11) is -3.61. The fraction of sp³-hybridized carbons (Fsp3) is 0.462. The second kappa shape index (κ2) is 9.88. The van der Waals surface area contributed by atoms with Gasteiger partial charge in [0.1, 0.15) is 0 Å². The van der Waals surface area contributed by atoms with Crippen LogP contribution >= 0.6 is 0 Å². The SMILES string of the molecule is Cc1ccc(S(=O)(=O)N2CCC(C(=O)OC(C)C(=O)N3CCCc4ccccc43)CC2)cc1C. The third-order valence-corrected chi connectivity index (χ3v) is 8.82. The summed E-state index contributed by atoms with van der Waals surface area (Å²) in [5.74, 6) is -1.08. The molecule has 0 saturated carbocycles. The lowest BCUT2D eigenvalue weighted by Crippen LogP contribution is -2.44. The molecule has 2 aromatic rings. The Kier molecular flexibility index (Phi) is 7.09. The van der Waals surface area contributed by atoms with Crippen LogP contribution in [0, 0.1) is 19.8 Å². The summed E-state index contributed by atoms with van der Waals surface area (Å²) in [6.07, 6.45) is 1.65. The summed E-state index contributed by atoms with van der Waals surface area (Å²) in [6.45, 7) is 6.54. The van der Waals surface area contributed by atoms with Crippen LogP contribution in [0.2, 0.25) is 0 Å². The number of nitrogens with zero attached hydrogens (tertiary/aromatic N) is 2. The maximum atomic E-state index is 13.0. The molecule has 2 aliphatic heterocycles. The number of rotatable bonds is 5. The van der Waals surface area contributed by atoms with Gasteiger partial charge in [0, 0.05) is 25.3 Å². The molecule has 2 heterocycles. The summed E-state index contributed by atoms with van der Waals surface area (Å²) >= 11 is 0. The molecule has 8 heteroatoms. The number of esters is 1. The number of benzene rings is 2. The van der Waals surface area contributed by atoms with Crippen molar-refractivity contribution in [2.24, 2.45) is 5.92 Å². The predicted octanol–water partition coefficient (Wildman–Crippen LogP) is 3.62. The van der Waals surface area contributed by atoms with Gasteiger partial charge in [-0.1, -0.05) is 24.3 Å². The van der Waals surface area contributed by atoms with E-state index in [1.54, 1.807) is 24.0 Å². The standard InChI is InChI=1S/C26H32N2O5S/c1-18-10-11-23(17-19(18)2)34(31,32)27-15-12-22(13-16-27)26(30)33-20(3)25(29)28-14-6-8-21-7-4-5-9-24(21)28/h4-5,7,9-11,17,20,22H,6,8,12-16H2,1-3H3. The molecule has 0 radical (unpaired) electrons. The van der Waals surface area contributed by atoms with E-state index in [0.29, 0.717) is 19.4 Å². The maximum Gasteiger partial charge on any atom is 0.309 e. The fourth-order valence-corrected chi connectivity index (χ4v) is 6.21. The first-order chi connectivity index (χ1) is 16.2. The van der Waals surface area contributed by atoms with E-state index in [1.807, 2.05) is 44.2 Å². The number of fused-ring (bicyclic) bond motifs is 1. The van der Waals surface area contributed by atoms with E-state index in [9.17, 15) is 18.0 Å². The van der Waals surface area contributed by atoms with Gasteiger partial charge in [0.15, 0.2) is 6.10 Å². The van der Waals surface area contributed by atoms with Crippen molar-refractivity contribution in [1.29, 1.82) is 0 Å². The molecule has 2 aromatic carbocycles. The average molecular weight is 485 g/mol. The summed E-state index contributed by atoms with van der Waals surface area (Å²) in [5, 5.41) is 0. The van der Waals surface area contributed by atoms with E-state index in [-0.39, 0.29) is 23.9 Å². The number of amides is 1. The van der Waals surface area contributed by atoms with Crippen molar-refractivity contribution >= 4 is 27.6 Å². The Labute approximate surface area is 201 Å². The van der Waals surface area contributed by atoms with Crippen LogP contribution in [0.15, 0.2) is 47.4 Å². The Morgan fingerprint density at radius 1 is 1.00 bits per heavy atom. The molecule has 0 N–H and O–H groups in total. The normalized spacial score (nSPS) is 18.3. The van der Waals surface area contributed by atoms with Crippen LogP contribution in [0.25, 0.3) is 0 Å². The van der Waals surface area contributed by atoms with Gasteiger partial charge < -0.3 is 9.64 Å². The van der Waals surface area contributed by atoms with Crippen LogP contribution in [0.3, 0.4) is 0 Å². The first-order valence-electron chi connectivity index (χ1n) is 11.9. The van der Waals surface area contributed by atoms with Crippen molar-refractivity contribution in [1.82, 2.24) is 4.31 Å². The molecule has 1 fully saturated rings. The minimum absolute atomic E-state index is 0.227. The largest absolute Gasteiger partial charge is 0.452 e. The van der Waals surface area contributed by atoms with Gasteiger partial charge in [-0.3, -0.25) is 9.59 Å². The number of piperidine rings is 1. The van der Waals surface area contributed by atoms with Gasteiger partial charge in [0.25, 0.3) is 5.91 Å². The van der Waals surface area contributed by atoms with Crippen molar-refractivity contribution < 1.29 is 22.7 Å². The molecular weight excluding hydrogens is 452 g/mol. The smallest absolute Gasteiger partial charge is 0.309 e. The molecule has 0 aromatic heterocycles. The third kappa shape index (κ3) is 4.88. The molecule has 2 aliphatic rings. The predicted molar refractivity (Wildman–Crippen MR) is 130 cm³/mol. The summed E-state index contributed by atoms with van der Waals surface area (Å²) < 4.78 is 33.0. The lowest BCUT2D eigenvalue weighted by atomic mass is 9.98. The highest BCUT2D eigenvalue weighted by Gasteiger charge is 2.35. The van der Waals surface area contributed by atoms with Crippen LogP contribution in [-0.2, 0) is 30.8 Å². The maximum absolute atomic E-state index is 13.0. The number of carbonyl (C=O) groups excluding carboxylic acids is 2. The van der Waals surface area contributed by atoms with Crippen molar-refractivity contribution in [3.63, 3.8) is 0 Å². The van der Waals surface area contributed by atoms with E-state index >= 15 is 0 Å². The highest BCUT2D eigenvalue weighted by Crippen LogP contribution is 2.29. The highest BCUT2D eigenvalue weighted by molar-refractivity contribution is 7.89. The first-order valence-corrected chi connectivity index (χ1v) is 13.3. The fourth-order valence-electron chi connectivity index (χ4n) is 4.66. The molecule has 0 aliphatic carbocycles. The van der Waals surface area contributed by atoms with E-state index < -0.39 is 28.0 Å². The third-order valence-electron chi connectivity index (χ3n) is 6.92. The molecule has 1 saturated heterocycles. The zero-order valence-electron chi connectivity index (χ0n) is 20.0. The number of sulfonamides is 1. The lowest BCUT2D eigenvalue weighted by Gasteiger charge is -2.33. The van der Waals surface area contributed by atoms with Crippen molar-refractivity contribution in [3.05, 3.63) is 59.2 Å². The van der Waals surface area contributed by atoms with Gasteiger partial charge in [-0.15, -0.1) is 0 Å². The Morgan fingerprint density at radius 3 is 2.41 bits per heavy atom. The molecule has 7 nitrogen and oxygen atoms in total. The van der Waals surface area contributed by atoms with E-state index in [0.717, 1.165) is 35.2 Å². The molecule has 182 valence electrons. The second-order valence-corrected chi connectivity index (χ2v) is 11.2. The van der Waals surface area contributed by atoms with Gasteiger partial charge in [-0.05, 0) is 81.3 Å². The van der Waals surface area contributed by atoms with Crippen LogP contribution in [-0.4, -0.2) is 50.3 Å². The zero-order chi connectivity index (χ0) is 24.5. The van der Waals surface area contributed by atoms with Crippen LogP contribution in [0.5, 0.6) is 0 Å². The van der Waals surface area contributed by atoms with Gasteiger partial charge in [0.2, 0.25) is 10.0 Å². The number of aryl methyl sites for hydroxylation is 3. The average Bonchev–Trinajstić information content (AvgIpc) is 2.84. The van der Waals surface area contributed by atoms with Gasteiger partial charge in [-0.2, -0.15) is 4.31 Å². The van der Waals surface area contributed by atoms with Crippen LogP contribution < -0.4 is 4.90 Å². The van der Waals surface area contributed by atoms with Crippen molar-refractivity contribution in [2.45, 2.75) is 57.5 Å². The Balaban J connectivity index is 1.35. The Hall–Kier alpha value is -2.71. The number of carbonyl (C=O) groups is 2. The Morgan fingerprint density at radius 2 is 1.71 bits per heavy atom. The minimum Gasteiger partial charge on any atom is -0.452 e. The first kappa shape index (κ1) is 24.4. The van der Waals surface area contributed by atoms with Crippen molar-refractivity contribution in [3.8, 4) is 0 Å². The number of para-hydroxylation sites is 1. The topological polar surface area (TPSA) is 84.0 Å². The van der Waals surface area contributed by atoms with E-state index in [2.05, 4.69) is 0 Å². The molecule has 34 heavy (non-hydrogen) atoms. The van der Waals surface area contributed by atoms with Crippen molar-refractivity contribution in [2.75, 3.05) is 24.5 Å². The molecular formula is C26H32N2O5S. The van der Waals surface area contributed by atoms with Gasteiger partial charge in [-0.25, -0.2) is 8.42 Å². The monoisotopic (exact) mass is 484 g/mol. The minimum atomic E-state index is -3.61. The molecule has 1 atom stereocenters. The molecule has 0 spiro atoms. The molecule has 1 amide bonds. The highest BCUT2D eigenvalue weighted by atomic mass is 32.2. The van der Waals surface area contributed by atoms with Crippen LogP contribution in [0.4, 0.5) is 5.69 Å². The lowest BCUT2D eigenvalue weighted by molar-refractivity contribution is -0.159. The number of ether oxygens (including phenoxy) is 1.